The summed E-state index contributed by atoms with van der Waals surface area (Å²) in [7, 11) is 0. The highest BCUT2D eigenvalue weighted by molar-refractivity contribution is 7.15. The number of ketones is 1. The molecule has 182 valence electrons. The van der Waals surface area contributed by atoms with Gasteiger partial charge in [-0.3, -0.25) is 4.79 Å². The zero-order chi connectivity index (χ0) is 24.2. The molecule has 0 bridgehead atoms. The van der Waals surface area contributed by atoms with Crippen molar-refractivity contribution in [3.8, 4) is 10.6 Å². The number of aryl methyl sites for hydroxylation is 1. The maximum absolute atomic E-state index is 13.1. The first-order chi connectivity index (χ1) is 16.4. The molecule has 0 aliphatic heterocycles. The first-order valence-corrected chi connectivity index (χ1v) is 13.4. The topological polar surface area (TPSA) is 76.2 Å². The normalized spacial score (nSPS) is 14.6. The van der Waals surface area contributed by atoms with Gasteiger partial charge in [-0.2, -0.15) is 0 Å². The fraction of sp³-hybridized carbons (Fsp3) is 0.519. The Morgan fingerprint density at radius 2 is 2.12 bits per heavy atom. The number of carbonyl (C=O) groups is 1. The summed E-state index contributed by atoms with van der Waals surface area (Å²) < 4.78 is 5.92. The van der Waals surface area contributed by atoms with E-state index in [0.29, 0.717) is 42.5 Å². The third-order valence-corrected chi connectivity index (χ3v) is 7.64. The molecular formula is C27H33ClN2O3S. The molecule has 0 spiro atoms. The summed E-state index contributed by atoms with van der Waals surface area (Å²) in [5.41, 5.74) is 3.95. The smallest absolute Gasteiger partial charge is 0.182 e. The fourth-order valence-corrected chi connectivity index (χ4v) is 5.86. The Kier molecular flexibility index (Phi) is 8.22. The summed E-state index contributed by atoms with van der Waals surface area (Å²) in [6, 6.07) is 5.81. The number of hydrogen-bond donors (Lipinski definition) is 1. The number of thiazole rings is 1. The molecule has 1 atom stereocenters. The van der Waals surface area contributed by atoms with Crippen molar-refractivity contribution in [1.29, 1.82) is 0 Å². The standard InChI is InChI=1S/C27H33ClN2O3S/c1-16(2)11-24-29-15-23(34-24)27-25(18-8-9-18)26(30-33-27)20(5-4-10-31)14-21(32)13-19-7-6-17(3)12-22(19)28/h6-7,12,15-16,18,20,31H,4-5,8-11,13-14H2,1-3H3/t20-/m0/s1. The first-order valence-electron chi connectivity index (χ1n) is 12.2. The maximum atomic E-state index is 13.1. The number of aliphatic hydroxyl groups excluding tert-OH is 1. The van der Waals surface area contributed by atoms with Gasteiger partial charge in [-0.05, 0) is 61.6 Å². The van der Waals surface area contributed by atoms with Gasteiger partial charge in [0.15, 0.2) is 5.76 Å². The van der Waals surface area contributed by atoms with Gasteiger partial charge in [0.05, 0.1) is 15.6 Å². The number of carbonyl (C=O) groups excluding carboxylic acids is 1. The second-order valence-corrected chi connectivity index (χ2v) is 11.4. The van der Waals surface area contributed by atoms with E-state index in [4.69, 9.17) is 16.1 Å². The van der Waals surface area contributed by atoms with E-state index in [1.54, 1.807) is 11.3 Å². The van der Waals surface area contributed by atoms with Crippen LogP contribution in [0.25, 0.3) is 10.6 Å². The van der Waals surface area contributed by atoms with E-state index in [2.05, 4.69) is 24.0 Å². The predicted octanol–water partition coefficient (Wildman–Crippen LogP) is 6.89. The Balaban J connectivity index is 1.58. The zero-order valence-electron chi connectivity index (χ0n) is 20.1. The van der Waals surface area contributed by atoms with Crippen molar-refractivity contribution < 1.29 is 14.4 Å². The highest BCUT2D eigenvalue weighted by atomic mass is 35.5. The molecular weight excluding hydrogens is 468 g/mol. The number of benzene rings is 1. The van der Waals surface area contributed by atoms with Crippen molar-refractivity contribution in [3.63, 3.8) is 0 Å². The van der Waals surface area contributed by atoms with Crippen molar-refractivity contribution in [2.75, 3.05) is 6.61 Å². The van der Waals surface area contributed by atoms with Crippen LogP contribution in [0.4, 0.5) is 0 Å². The highest BCUT2D eigenvalue weighted by Crippen LogP contribution is 2.49. The molecule has 5 nitrogen and oxygen atoms in total. The average Bonchev–Trinajstić information content (AvgIpc) is 3.36. The number of Topliss-reactive ketones (excluding diaryl/α,β-unsaturated/α-hetero) is 1. The summed E-state index contributed by atoms with van der Waals surface area (Å²) in [5, 5.41) is 15.7. The Morgan fingerprint density at radius 1 is 1.32 bits per heavy atom. The molecule has 0 radical (unpaired) electrons. The summed E-state index contributed by atoms with van der Waals surface area (Å²) in [6.45, 7) is 6.45. The largest absolute Gasteiger partial charge is 0.396 e. The minimum absolute atomic E-state index is 0.0833. The summed E-state index contributed by atoms with van der Waals surface area (Å²) in [6.07, 6.45) is 7.02. The minimum atomic E-state index is -0.0833. The van der Waals surface area contributed by atoms with Crippen molar-refractivity contribution in [1.82, 2.24) is 10.1 Å². The van der Waals surface area contributed by atoms with Crippen LogP contribution < -0.4 is 0 Å². The number of aromatic nitrogens is 2. The molecule has 4 rings (SSSR count). The lowest BCUT2D eigenvalue weighted by Crippen LogP contribution is -2.12. The van der Waals surface area contributed by atoms with Crippen LogP contribution >= 0.6 is 22.9 Å². The number of halogens is 1. The molecule has 1 aromatic carbocycles. The van der Waals surface area contributed by atoms with Gasteiger partial charge >= 0.3 is 0 Å². The van der Waals surface area contributed by atoms with Crippen molar-refractivity contribution >= 4 is 28.7 Å². The quantitative estimate of drug-likeness (QED) is 0.293. The molecule has 1 N–H and O–H groups in total. The molecule has 3 aromatic rings. The average molecular weight is 501 g/mol. The van der Waals surface area contributed by atoms with E-state index >= 15 is 0 Å². The van der Waals surface area contributed by atoms with Crippen LogP contribution in [0.2, 0.25) is 5.02 Å². The highest BCUT2D eigenvalue weighted by Gasteiger charge is 2.36. The van der Waals surface area contributed by atoms with Crippen LogP contribution in [-0.4, -0.2) is 27.6 Å². The van der Waals surface area contributed by atoms with Crippen LogP contribution in [0.15, 0.2) is 28.9 Å². The van der Waals surface area contributed by atoms with Gasteiger partial charge in [-0.25, -0.2) is 4.98 Å². The van der Waals surface area contributed by atoms with E-state index in [9.17, 15) is 9.90 Å². The Hall–Kier alpha value is -2.02. The fourth-order valence-electron chi connectivity index (χ4n) is 4.44. The molecule has 7 heteroatoms. The molecule has 2 aromatic heterocycles. The molecule has 0 unspecified atom stereocenters. The van der Waals surface area contributed by atoms with Crippen LogP contribution in [0, 0.1) is 12.8 Å². The van der Waals surface area contributed by atoms with Gasteiger partial charge in [0, 0.05) is 48.6 Å². The van der Waals surface area contributed by atoms with Crippen molar-refractivity contribution in [3.05, 3.63) is 56.8 Å². The summed E-state index contributed by atoms with van der Waals surface area (Å²) >= 11 is 8.04. The predicted molar refractivity (Wildman–Crippen MR) is 137 cm³/mol. The zero-order valence-corrected chi connectivity index (χ0v) is 21.7. The lowest BCUT2D eigenvalue weighted by Gasteiger charge is -2.15. The molecule has 2 heterocycles. The van der Waals surface area contributed by atoms with Gasteiger partial charge in [0.25, 0.3) is 0 Å². The first kappa shape index (κ1) is 25.1. The molecule has 1 aliphatic rings. The van der Waals surface area contributed by atoms with Crippen LogP contribution in [-0.2, 0) is 17.6 Å². The van der Waals surface area contributed by atoms with E-state index in [0.717, 1.165) is 57.3 Å². The van der Waals surface area contributed by atoms with E-state index in [-0.39, 0.29) is 18.3 Å². The maximum Gasteiger partial charge on any atom is 0.182 e. The minimum Gasteiger partial charge on any atom is -0.396 e. The number of nitrogens with zero attached hydrogens (tertiary/aromatic N) is 2. The van der Waals surface area contributed by atoms with Crippen LogP contribution in [0.1, 0.15) is 85.2 Å². The third-order valence-electron chi connectivity index (χ3n) is 6.27. The Morgan fingerprint density at radius 3 is 2.79 bits per heavy atom. The summed E-state index contributed by atoms with van der Waals surface area (Å²) in [4.78, 5) is 18.7. The SMILES string of the molecule is Cc1ccc(CC(=O)C[C@H](CCCO)c2noc(-c3cnc(CC(C)C)s3)c2C2CC2)c(Cl)c1. The molecule has 34 heavy (non-hydrogen) atoms. The molecule has 0 saturated heterocycles. The van der Waals surface area contributed by atoms with Gasteiger partial charge < -0.3 is 9.63 Å². The number of rotatable bonds is 12. The monoisotopic (exact) mass is 500 g/mol. The third kappa shape index (κ3) is 6.15. The van der Waals surface area contributed by atoms with Gasteiger partial charge in [0.1, 0.15) is 5.78 Å². The molecule has 1 saturated carbocycles. The van der Waals surface area contributed by atoms with Crippen molar-refractivity contribution in [2.24, 2.45) is 5.92 Å². The lowest BCUT2D eigenvalue weighted by atomic mass is 9.88. The van der Waals surface area contributed by atoms with Gasteiger partial charge in [-0.1, -0.05) is 42.7 Å². The molecule has 1 fully saturated rings. The second-order valence-electron chi connectivity index (χ2n) is 9.88. The molecule has 1 aliphatic carbocycles. The van der Waals surface area contributed by atoms with E-state index in [1.807, 2.05) is 31.3 Å². The lowest BCUT2D eigenvalue weighted by molar-refractivity contribution is -0.118. The van der Waals surface area contributed by atoms with Gasteiger partial charge in [0.2, 0.25) is 0 Å². The summed E-state index contributed by atoms with van der Waals surface area (Å²) in [5.74, 6) is 1.82. The second kappa shape index (κ2) is 11.1. The molecule has 0 amide bonds. The van der Waals surface area contributed by atoms with Crippen molar-refractivity contribution in [2.45, 2.75) is 77.6 Å². The van der Waals surface area contributed by atoms with Crippen LogP contribution in [0.3, 0.4) is 0 Å². The van der Waals surface area contributed by atoms with Crippen LogP contribution in [0.5, 0.6) is 0 Å². The number of hydrogen-bond acceptors (Lipinski definition) is 6. The Labute approximate surface area is 210 Å². The number of aliphatic hydroxyl groups is 1. The van der Waals surface area contributed by atoms with Gasteiger partial charge in [-0.15, -0.1) is 11.3 Å². The van der Waals surface area contributed by atoms with E-state index < -0.39 is 0 Å². The Bertz CT molecular complexity index is 1130. The van der Waals surface area contributed by atoms with E-state index in [1.165, 1.54) is 0 Å².